The lowest BCUT2D eigenvalue weighted by molar-refractivity contribution is 0.724. The summed E-state index contributed by atoms with van der Waals surface area (Å²) in [5.41, 5.74) is 1.06. The van der Waals surface area contributed by atoms with Gasteiger partial charge in [-0.2, -0.15) is 0 Å². The van der Waals surface area contributed by atoms with Crippen LogP contribution < -0.4 is 0 Å². The first-order valence-electron chi connectivity index (χ1n) is 3.21. The van der Waals surface area contributed by atoms with Crippen molar-refractivity contribution in [2.45, 2.75) is 3.36 Å². The highest BCUT2D eigenvalue weighted by atomic mass is 79.9. The number of rotatable bonds is 2. The van der Waals surface area contributed by atoms with Crippen LogP contribution in [0.25, 0.3) is 0 Å². The number of halogens is 5. The first kappa shape index (κ1) is 12.6. The van der Waals surface area contributed by atoms with Gasteiger partial charge in [0.15, 0.2) is 3.36 Å². The van der Waals surface area contributed by atoms with Gasteiger partial charge in [0.05, 0.1) is 0 Å². The Hall–Kier alpha value is 1.58. The molecule has 13 heavy (non-hydrogen) atoms. The van der Waals surface area contributed by atoms with Crippen LogP contribution in [0.1, 0.15) is 5.56 Å². The molecule has 0 aromatic heterocycles. The normalized spacial score (nSPS) is 12.2. The van der Waals surface area contributed by atoms with E-state index in [4.69, 9.17) is 0 Å². The topological polar surface area (TPSA) is 3.24 Å². The molecule has 0 amide bonds. The predicted octanol–water partition coefficient (Wildman–Crippen LogP) is 5.27. The Morgan fingerprint density at radius 3 is 2.08 bits per heavy atom. The van der Waals surface area contributed by atoms with Crippen LogP contribution in [0.5, 0.6) is 0 Å². The molecule has 0 atom stereocenters. The summed E-state index contributed by atoms with van der Waals surface area (Å²) in [5.74, 6) is 0. The molecular weight excluding hydrogens is 498 g/mol. The minimum Gasteiger partial charge on any atom is -0.146 e. The Morgan fingerprint density at radius 2 is 1.62 bits per heavy atom. The molecule has 0 aliphatic heterocycles. The van der Waals surface area contributed by atoms with Gasteiger partial charge >= 0.3 is 0 Å². The second-order valence-corrected chi connectivity index (χ2v) is 8.84. The van der Waals surface area contributed by atoms with Crippen molar-refractivity contribution in [1.82, 2.24) is 2.95 Å². The van der Waals surface area contributed by atoms with Crippen molar-refractivity contribution in [3.63, 3.8) is 0 Å². The van der Waals surface area contributed by atoms with E-state index in [0.29, 0.717) is 0 Å². The summed E-state index contributed by atoms with van der Waals surface area (Å²) >= 11 is 17.1. The van der Waals surface area contributed by atoms with Crippen LogP contribution in [-0.2, 0) is 3.36 Å². The maximum absolute atomic E-state index is 3.52. The average Bonchev–Trinajstić information content (AvgIpc) is 2.04. The van der Waals surface area contributed by atoms with Crippen LogP contribution >= 0.6 is 80.1 Å². The monoisotopic (exact) mass is 497 g/mol. The third-order valence-electron chi connectivity index (χ3n) is 1.41. The summed E-state index contributed by atoms with van der Waals surface area (Å²) in [6.07, 6.45) is 0. The minimum atomic E-state index is -0.472. The highest BCUT2D eigenvalue weighted by molar-refractivity contribution is 9.27. The fraction of sp³-hybridized carbons (Fsp3) is 0.143. The second-order valence-electron chi connectivity index (χ2n) is 2.25. The van der Waals surface area contributed by atoms with Crippen molar-refractivity contribution in [3.8, 4) is 0 Å². The van der Waals surface area contributed by atoms with Gasteiger partial charge in [-0.15, -0.1) is 2.95 Å². The molecule has 1 nitrogen and oxygen atoms in total. The van der Waals surface area contributed by atoms with Crippen molar-refractivity contribution in [2.24, 2.45) is 0 Å². The fourth-order valence-electron chi connectivity index (χ4n) is 0.796. The summed E-state index contributed by atoms with van der Waals surface area (Å²) < 4.78 is 2.22. The maximum atomic E-state index is 3.52. The first-order valence-corrected chi connectivity index (χ1v) is 7.00. The standard InChI is InChI=1S/C7H4Br5N/c8-6-4-2-1-3-5(6)7(9,10)13(11)12/h1-4H. The van der Waals surface area contributed by atoms with E-state index in [1.165, 1.54) is 0 Å². The molecule has 0 unspecified atom stereocenters. The van der Waals surface area contributed by atoms with E-state index in [9.17, 15) is 0 Å². The Morgan fingerprint density at radius 1 is 1.08 bits per heavy atom. The van der Waals surface area contributed by atoms with Gasteiger partial charge < -0.3 is 0 Å². The first-order chi connectivity index (χ1) is 5.96. The number of alkyl halides is 2. The molecule has 0 radical (unpaired) electrons. The van der Waals surface area contributed by atoms with E-state index in [1.807, 2.05) is 24.3 Å². The molecule has 0 spiro atoms. The van der Waals surface area contributed by atoms with Crippen LogP contribution in [0.3, 0.4) is 0 Å². The van der Waals surface area contributed by atoms with E-state index < -0.39 is 3.36 Å². The van der Waals surface area contributed by atoms with Crippen molar-refractivity contribution < 1.29 is 0 Å². The van der Waals surface area contributed by atoms with Crippen molar-refractivity contribution in [3.05, 3.63) is 34.3 Å². The lowest BCUT2D eigenvalue weighted by Crippen LogP contribution is -2.20. The summed E-state index contributed by atoms with van der Waals surface area (Å²) in [6, 6.07) is 7.93. The summed E-state index contributed by atoms with van der Waals surface area (Å²) in [6.45, 7) is 0. The molecule has 6 heteroatoms. The summed E-state index contributed by atoms with van der Waals surface area (Å²) in [7, 11) is 0. The van der Waals surface area contributed by atoms with E-state index in [-0.39, 0.29) is 0 Å². The summed E-state index contributed by atoms with van der Waals surface area (Å²) in [4.78, 5) is 0. The van der Waals surface area contributed by atoms with Gasteiger partial charge in [0.25, 0.3) is 0 Å². The van der Waals surface area contributed by atoms with Crippen molar-refractivity contribution >= 4 is 80.1 Å². The number of nitrogens with zero attached hydrogens (tertiary/aromatic N) is 1. The van der Waals surface area contributed by atoms with Gasteiger partial charge in [-0.25, -0.2) is 0 Å². The average molecular weight is 502 g/mol. The third-order valence-corrected chi connectivity index (χ3v) is 6.63. The van der Waals surface area contributed by atoms with Crippen LogP contribution in [0.2, 0.25) is 0 Å². The molecule has 0 aliphatic carbocycles. The lowest BCUT2D eigenvalue weighted by Gasteiger charge is -2.25. The predicted molar refractivity (Wildman–Crippen MR) is 73.4 cm³/mol. The van der Waals surface area contributed by atoms with E-state index in [0.717, 1.165) is 10.0 Å². The van der Waals surface area contributed by atoms with Gasteiger partial charge in [-0.05, 0) is 37.9 Å². The van der Waals surface area contributed by atoms with Gasteiger partial charge in [-0.1, -0.05) is 34.1 Å². The zero-order valence-corrected chi connectivity index (χ0v) is 14.1. The molecule has 0 saturated carbocycles. The number of hydrogen-bond donors (Lipinski definition) is 0. The lowest BCUT2D eigenvalue weighted by atomic mass is 10.2. The van der Waals surface area contributed by atoms with Crippen LogP contribution in [0, 0.1) is 0 Å². The smallest absolute Gasteiger partial charge is 0.146 e. The Labute approximate surface area is 119 Å². The van der Waals surface area contributed by atoms with Crippen molar-refractivity contribution in [1.29, 1.82) is 0 Å². The molecule has 1 aromatic rings. The number of benzene rings is 1. The molecule has 0 N–H and O–H groups in total. The Kier molecular flexibility index (Phi) is 4.94. The number of hydrogen-bond acceptors (Lipinski definition) is 1. The quantitative estimate of drug-likeness (QED) is 0.303. The molecule has 0 fully saturated rings. The highest BCUT2D eigenvalue weighted by Crippen LogP contribution is 2.47. The van der Waals surface area contributed by atoms with Gasteiger partial charge in [-0.3, -0.25) is 0 Å². The van der Waals surface area contributed by atoms with Crippen molar-refractivity contribution in [2.75, 3.05) is 0 Å². The van der Waals surface area contributed by atoms with E-state index >= 15 is 0 Å². The van der Waals surface area contributed by atoms with E-state index in [1.54, 1.807) is 2.95 Å². The molecule has 0 saturated heterocycles. The molecule has 1 aromatic carbocycles. The zero-order valence-electron chi connectivity index (χ0n) is 6.15. The van der Waals surface area contributed by atoms with Crippen LogP contribution in [0.15, 0.2) is 28.7 Å². The Balaban J connectivity index is 3.14. The van der Waals surface area contributed by atoms with Gasteiger partial charge in [0, 0.05) is 42.3 Å². The Bertz CT molecular complexity index is 299. The molecular formula is C7H4Br5N. The largest absolute Gasteiger partial charge is 0.178 e. The zero-order chi connectivity index (χ0) is 10.1. The van der Waals surface area contributed by atoms with Gasteiger partial charge in [0.2, 0.25) is 0 Å². The third kappa shape index (κ3) is 3.01. The van der Waals surface area contributed by atoms with Crippen LogP contribution in [0.4, 0.5) is 0 Å². The fourth-order valence-corrected chi connectivity index (χ4v) is 2.97. The molecule has 1 rings (SSSR count). The van der Waals surface area contributed by atoms with E-state index in [2.05, 4.69) is 80.1 Å². The molecule has 72 valence electrons. The highest BCUT2D eigenvalue weighted by Gasteiger charge is 2.32. The minimum absolute atomic E-state index is 0.472. The van der Waals surface area contributed by atoms with Gasteiger partial charge in [0.1, 0.15) is 0 Å². The van der Waals surface area contributed by atoms with Crippen LogP contribution in [-0.4, -0.2) is 2.95 Å². The molecule has 0 aliphatic rings. The summed E-state index contributed by atoms with van der Waals surface area (Å²) in [5, 5.41) is 0. The second kappa shape index (κ2) is 5.07. The molecule has 0 heterocycles. The SMILES string of the molecule is Brc1ccccc1C(Br)(Br)N(Br)Br. The maximum Gasteiger partial charge on any atom is 0.178 e. The molecule has 0 bridgehead atoms.